The fraction of sp³-hybridized carbons (Fsp3) is 0.286. The summed E-state index contributed by atoms with van der Waals surface area (Å²) in [7, 11) is 0. The van der Waals surface area contributed by atoms with Gasteiger partial charge in [0.05, 0.1) is 5.75 Å². The van der Waals surface area contributed by atoms with Gasteiger partial charge in [0.25, 0.3) is 0 Å². The number of nitrogens with zero attached hydrogens (tertiary/aromatic N) is 1. The number of hydrogen-bond acceptors (Lipinski definition) is 3. The van der Waals surface area contributed by atoms with Crippen LogP contribution in [0.4, 0.5) is 0 Å². The molecule has 0 atom stereocenters. The smallest absolute Gasteiger partial charge is 0.130 e. The van der Waals surface area contributed by atoms with E-state index in [4.69, 9.17) is 12.2 Å². The largest absolute Gasteiger partial charge is 0.346 e. The van der Waals surface area contributed by atoms with Gasteiger partial charge in [-0.2, -0.15) is 0 Å². The number of H-pyrrole nitrogens is 1. The molecular weight excluding hydrogens is 260 g/mol. The van der Waals surface area contributed by atoms with Crippen LogP contribution in [0.5, 0.6) is 0 Å². The third-order valence-corrected chi connectivity index (χ3v) is 3.72. The Morgan fingerprint density at radius 1 is 1.28 bits per heavy atom. The Morgan fingerprint density at radius 3 is 2.78 bits per heavy atom. The van der Waals surface area contributed by atoms with Crippen LogP contribution in [0.2, 0.25) is 0 Å². The van der Waals surface area contributed by atoms with E-state index in [0.717, 1.165) is 24.4 Å². The molecule has 0 bridgehead atoms. The molecule has 1 heterocycles. The van der Waals surface area contributed by atoms with E-state index in [1.165, 1.54) is 10.6 Å². The predicted molar refractivity (Wildman–Crippen MR) is 79.4 cm³/mol. The molecule has 94 valence electrons. The van der Waals surface area contributed by atoms with Gasteiger partial charge in [0.2, 0.25) is 0 Å². The monoisotopic (exact) mass is 276 g/mol. The number of rotatable bonds is 5. The average Bonchev–Trinajstić information content (AvgIpc) is 2.37. The summed E-state index contributed by atoms with van der Waals surface area (Å²) in [5, 5.41) is 0. The topological polar surface area (TPSA) is 28.7 Å². The average molecular weight is 276 g/mol. The molecule has 0 spiro atoms. The molecule has 0 aliphatic heterocycles. The lowest BCUT2D eigenvalue weighted by atomic mass is 10.2. The number of aryl methyl sites for hydroxylation is 1. The number of nitrogens with one attached hydrogen (secondary N) is 1. The van der Waals surface area contributed by atoms with Crippen LogP contribution < -0.4 is 0 Å². The van der Waals surface area contributed by atoms with E-state index >= 15 is 0 Å². The number of benzene rings is 1. The number of thioether (sulfide) groups is 1. The second-order valence-electron chi connectivity index (χ2n) is 4.04. The van der Waals surface area contributed by atoms with Crippen LogP contribution in [-0.2, 0) is 12.2 Å². The zero-order valence-electron chi connectivity index (χ0n) is 10.3. The van der Waals surface area contributed by atoms with Crippen LogP contribution in [0, 0.1) is 4.64 Å². The van der Waals surface area contributed by atoms with Crippen LogP contribution in [0.1, 0.15) is 24.9 Å². The first-order valence-corrected chi connectivity index (χ1v) is 7.44. The Labute approximate surface area is 117 Å². The third-order valence-electron chi connectivity index (χ3n) is 2.49. The van der Waals surface area contributed by atoms with Crippen molar-refractivity contribution < 1.29 is 0 Å². The van der Waals surface area contributed by atoms with Crippen molar-refractivity contribution in [1.29, 1.82) is 0 Å². The van der Waals surface area contributed by atoms with Crippen molar-refractivity contribution >= 4 is 24.0 Å². The number of hydrogen-bond donors (Lipinski definition) is 1. The first kappa shape index (κ1) is 13.3. The van der Waals surface area contributed by atoms with Crippen LogP contribution >= 0.6 is 24.0 Å². The van der Waals surface area contributed by atoms with Gasteiger partial charge in [-0.3, -0.25) is 0 Å². The molecule has 1 aromatic carbocycles. The fourth-order valence-electron chi connectivity index (χ4n) is 1.70. The normalized spacial score (nSPS) is 10.5. The zero-order valence-corrected chi connectivity index (χ0v) is 12.0. The van der Waals surface area contributed by atoms with Crippen molar-refractivity contribution in [2.24, 2.45) is 0 Å². The van der Waals surface area contributed by atoms with Crippen molar-refractivity contribution in [3.05, 3.63) is 52.6 Å². The maximum Gasteiger partial charge on any atom is 0.130 e. The van der Waals surface area contributed by atoms with Crippen molar-refractivity contribution in [2.45, 2.75) is 30.4 Å². The van der Waals surface area contributed by atoms with E-state index in [-0.39, 0.29) is 0 Å². The van der Waals surface area contributed by atoms with Crippen molar-refractivity contribution in [3.8, 4) is 0 Å². The summed E-state index contributed by atoms with van der Waals surface area (Å²) < 4.78 is 0.681. The summed E-state index contributed by atoms with van der Waals surface area (Å²) in [4.78, 5) is 8.98. The minimum atomic E-state index is 0.681. The van der Waals surface area contributed by atoms with Gasteiger partial charge in [0, 0.05) is 10.6 Å². The van der Waals surface area contributed by atoms with Crippen molar-refractivity contribution in [1.82, 2.24) is 9.97 Å². The Hall–Kier alpha value is -1.13. The van der Waals surface area contributed by atoms with Crippen molar-refractivity contribution in [3.63, 3.8) is 0 Å². The standard InChI is InChI=1S/C14H16N2S2/c1-2-6-11-9-14(17)16-13(15-11)10-18-12-7-4-3-5-8-12/h3-5,7-9H,2,6,10H2,1H3,(H,15,16,17). The molecule has 0 saturated heterocycles. The Kier molecular flexibility index (Phi) is 4.96. The first-order chi connectivity index (χ1) is 8.78. The highest BCUT2D eigenvalue weighted by Gasteiger charge is 2.00. The van der Waals surface area contributed by atoms with Gasteiger partial charge in [0.15, 0.2) is 0 Å². The van der Waals surface area contributed by atoms with Crippen LogP contribution in [0.25, 0.3) is 0 Å². The number of aromatic nitrogens is 2. The third kappa shape index (κ3) is 3.96. The molecule has 0 unspecified atom stereocenters. The minimum absolute atomic E-state index is 0.681. The molecule has 0 aliphatic carbocycles. The Morgan fingerprint density at radius 2 is 2.06 bits per heavy atom. The lowest BCUT2D eigenvalue weighted by molar-refractivity contribution is 0.850. The van der Waals surface area contributed by atoms with E-state index in [9.17, 15) is 0 Å². The molecular formula is C14H16N2S2. The second-order valence-corrected chi connectivity index (χ2v) is 5.51. The quantitative estimate of drug-likeness (QED) is 0.649. The highest BCUT2D eigenvalue weighted by atomic mass is 32.2. The van der Waals surface area contributed by atoms with Crippen molar-refractivity contribution in [2.75, 3.05) is 0 Å². The lowest BCUT2D eigenvalue weighted by Crippen LogP contribution is -1.98. The fourth-order valence-corrected chi connectivity index (χ4v) is 2.75. The highest BCUT2D eigenvalue weighted by molar-refractivity contribution is 7.98. The summed E-state index contributed by atoms with van der Waals surface area (Å²) in [6, 6.07) is 12.3. The molecule has 0 fully saturated rings. The summed E-state index contributed by atoms with van der Waals surface area (Å²) in [6.07, 6.45) is 2.13. The molecule has 0 saturated carbocycles. The summed E-state index contributed by atoms with van der Waals surface area (Å²) >= 11 is 6.96. The Bertz CT molecular complexity index is 549. The number of aromatic amines is 1. The molecule has 2 rings (SSSR count). The maximum absolute atomic E-state index is 5.19. The van der Waals surface area contributed by atoms with E-state index < -0.39 is 0 Å². The minimum Gasteiger partial charge on any atom is -0.346 e. The maximum atomic E-state index is 5.19. The molecule has 1 N–H and O–H groups in total. The van der Waals surface area contributed by atoms with Gasteiger partial charge in [0.1, 0.15) is 10.5 Å². The van der Waals surface area contributed by atoms with Gasteiger partial charge in [-0.15, -0.1) is 11.8 Å². The molecule has 0 radical (unpaired) electrons. The SMILES string of the molecule is CCCc1cc(=S)nc(CSc2ccccc2)[nH]1. The van der Waals surface area contributed by atoms with Gasteiger partial charge >= 0.3 is 0 Å². The van der Waals surface area contributed by atoms with E-state index in [1.54, 1.807) is 11.8 Å². The lowest BCUT2D eigenvalue weighted by Gasteiger charge is -2.05. The van der Waals surface area contributed by atoms with Crippen LogP contribution in [0.3, 0.4) is 0 Å². The van der Waals surface area contributed by atoms with Gasteiger partial charge < -0.3 is 4.98 Å². The van der Waals surface area contributed by atoms with E-state index in [0.29, 0.717) is 4.64 Å². The summed E-state index contributed by atoms with van der Waals surface area (Å²) in [6.45, 7) is 2.16. The van der Waals surface area contributed by atoms with Crippen LogP contribution in [-0.4, -0.2) is 9.97 Å². The Balaban J connectivity index is 2.07. The van der Waals surface area contributed by atoms with Gasteiger partial charge in [-0.25, -0.2) is 4.98 Å². The second kappa shape index (κ2) is 6.71. The van der Waals surface area contributed by atoms with Gasteiger partial charge in [-0.1, -0.05) is 43.8 Å². The first-order valence-electron chi connectivity index (χ1n) is 6.05. The molecule has 2 aromatic rings. The molecule has 18 heavy (non-hydrogen) atoms. The predicted octanol–water partition coefficient (Wildman–Crippen LogP) is 4.38. The molecule has 4 heteroatoms. The van der Waals surface area contributed by atoms with Gasteiger partial charge in [-0.05, 0) is 24.6 Å². The van der Waals surface area contributed by atoms with E-state index in [1.807, 2.05) is 24.3 Å². The molecule has 0 amide bonds. The zero-order chi connectivity index (χ0) is 12.8. The highest BCUT2D eigenvalue weighted by Crippen LogP contribution is 2.20. The molecule has 2 nitrogen and oxygen atoms in total. The summed E-state index contributed by atoms with van der Waals surface area (Å²) in [5.74, 6) is 1.78. The van der Waals surface area contributed by atoms with Crippen LogP contribution in [0.15, 0.2) is 41.3 Å². The van der Waals surface area contributed by atoms with E-state index in [2.05, 4.69) is 29.0 Å². The molecule has 1 aromatic heterocycles. The summed E-state index contributed by atoms with van der Waals surface area (Å²) in [5.41, 5.74) is 1.18. The molecule has 0 aliphatic rings.